The van der Waals surface area contributed by atoms with Crippen molar-refractivity contribution in [2.24, 2.45) is 0 Å². The third-order valence-electron chi connectivity index (χ3n) is 6.81. The van der Waals surface area contributed by atoms with Crippen LogP contribution in [0, 0.1) is 12.7 Å². The van der Waals surface area contributed by atoms with E-state index in [0.717, 1.165) is 48.9 Å². The summed E-state index contributed by atoms with van der Waals surface area (Å²) >= 11 is 0. The molecule has 1 N–H and O–H groups in total. The van der Waals surface area contributed by atoms with E-state index in [1.165, 1.54) is 22.3 Å². The minimum absolute atomic E-state index is 0.0151. The molecule has 38 heavy (non-hydrogen) atoms. The number of halogens is 1. The molecule has 2 nitrogen and oxygen atoms in total. The van der Waals surface area contributed by atoms with Crippen LogP contribution in [0.2, 0.25) is 0 Å². The first kappa shape index (κ1) is 29.3. The van der Waals surface area contributed by atoms with Gasteiger partial charge in [-0.05, 0) is 78.6 Å². The molecule has 0 aliphatic heterocycles. The minimum Gasteiger partial charge on any atom is -0.377 e. The van der Waals surface area contributed by atoms with Crippen LogP contribution in [0.1, 0.15) is 54.5 Å². The van der Waals surface area contributed by atoms with E-state index >= 15 is 4.39 Å². The van der Waals surface area contributed by atoms with E-state index in [1.54, 1.807) is 19.3 Å². The first-order chi connectivity index (χ1) is 18.4. The molecule has 0 fully saturated rings. The lowest BCUT2D eigenvalue weighted by molar-refractivity contribution is 0.124. The van der Waals surface area contributed by atoms with E-state index in [0.29, 0.717) is 12.1 Å². The van der Waals surface area contributed by atoms with E-state index < -0.39 is 0 Å². The van der Waals surface area contributed by atoms with Gasteiger partial charge in [0.25, 0.3) is 0 Å². The summed E-state index contributed by atoms with van der Waals surface area (Å²) in [4.78, 5) is 0. The van der Waals surface area contributed by atoms with Crippen LogP contribution in [0.4, 0.5) is 4.39 Å². The van der Waals surface area contributed by atoms with Crippen molar-refractivity contribution < 1.29 is 9.13 Å². The second-order valence-corrected chi connectivity index (χ2v) is 9.99. The van der Waals surface area contributed by atoms with Gasteiger partial charge >= 0.3 is 0 Å². The molecule has 0 bridgehead atoms. The van der Waals surface area contributed by atoms with Crippen LogP contribution in [-0.4, -0.2) is 13.2 Å². The molecule has 3 aromatic carbocycles. The molecule has 0 aromatic heterocycles. The number of hydrogen-bond donors (Lipinski definition) is 1. The van der Waals surface area contributed by atoms with Gasteiger partial charge in [-0.2, -0.15) is 0 Å². The van der Waals surface area contributed by atoms with Crippen LogP contribution in [0.5, 0.6) is 0 Å². The summed E-state index contributed by atoms with van der Waals surface area (Å²) in [6.45, 7) is 11.5. The third kappa shape index (κ3) is 8.93. The molecule has 3 aromatic rings. The largest absolute Gasteiger partial charge is 0.377 e. The summed E-state index contributed by atoms with van der Waals surface area (Å²) in [6, 6.07) is 20.7. The first-order valence-corrected chi connectivity index (χ1v) is 13.6. The number of ether oxygens (including phenoxy) is 1. The van der Waals surface area contributed by atoms with E-state index in [1.807, 2.05) is 18.2 Å². The van der Waals surface area contributed by atoms with Crippen molar-refractivity contribution >= 4 is 0 Å². The number of aryl methyl sites for hydroxylation is 3. The fourth-order valence-electron chi connectivity index (χ4n) is 4.68. The summed E-state index contributed by atoms with van der Waals surface area (Å²) in [6.07, 6.45) is 11.3. The Kier molecular flexibility index (Phi) is 11.7. The topological polar surface area (TPSA) is 21.3 Å². The Labute approximate surface area is 229 Å². The van der Waals surface area contributed by atoms with Gasteiger partial charge < -0.3 is 10.1 Å². The quantitative estimate of drug-likeness (QED) is 0.219. The highest BCUT2D eigenvalue weighted by Crippen LogP contribution is 2.28. The highest BCUT2D eigenvalue weighted by molar-refractivity contribution is 5.66. The van der Waals surface area contributed by atoms with Gasteiger partial charge in [-0.1, -0.05) is 98.3 Å². The zero-order valence-corrected chi connectivity index (χ0v) is 23.4. The Balaban J connectivity index is 1.83. The maximum atomic E-state index is 15.2. The lowest BCUT2D eigenvalue weighted by Gasteiger charge is -2.17. The molecule has 0 saturated carbocycles. The van der Waals surface area contributed by atoms with Crippen LogP contribution in [-0.2, 0) is 30.7 Å². The van der Waals surface area contributed by atoms with E-state index in [9.17, 15) is 0 Å². The maximum Gasteiger partial charge on any atom is 0.131 e. The van der Waals surface area contributed by atoms with Crippen molar-refractivity contribution in [1.29, 1.82) is 0 Å². The predicted octanol–water partition coefficient (Wildman–Crippen LogP) is 8.68. The molecular weight excluding hydrogens is 469 g/mol. The monoisotopic (exact) mass is 511 g/mol. The van der Waals surface area contributed by atoms with Crippen molar-refractivity contribution in [2.75, 3.05) is 7.11 Å². The SMILES string of the molecule is C=C/C=C\C=C(/C)C(CCc1cc(CNCc2ccc(C)cc2)cc(-c2ccc(CCC)cc2F)c1)OC. The van der Waals surface area contributed by atoms with Gasteiger partial charge in [0.05, 0.1) is 6.10 Å². The smallest absolute Gasteiger partial charge is 0.131 e. The minimum atomic E-state index is -0.158. The van der Waals surface area contributed by atoms with Crippen LogP contribution < -0.4 is 5.32 Å². The number of methoxy groups -OCH3 is 1. The van der Waals surface area contributed by atoms with Gasteiger partial charge in [0.2, 0.25) is 0 Å². The van der Waals surface area contributed by atoms with Gasteiger partial charge in [-0.3, -0.25) is 0 Å². The first-order valence-electron chi connectivity index (χ1n) is 13.6. The number of benzene rings is 3. The normalized spacial score (nSPS) is 12.7. The molecule has 0 heterocycles. The Hall–Kier alpha value is -3.27. The van der Waals surface area contributed by atoms with E-state index in [4.69, 9.17) is 4.74 Å². The summed E-state index contributed by atoms with van der Waals surface area (Å²) in [5.41, 5.74) is 8.63. The van der Waals surface area contributed by atoms with Gasteiger partial charge in [-0.15, -0.1) is 0 Å². The van der Waals surface area contributed by atoms with Crippen molar-refractivity contribution in [3.8, 4) is 11.1 Å². The molecule has 0 amide bonds. The zero-order chi connectivity index (χ0) is 27.3. The molecule has 0 aliphatic carbocycles. The zero-order valence-electron chi connectivity index (χ0n) is 23.4. The van der Waals surface area contributed by atoms with Gasteiger partial charge in [0.1, 0.15) is 5.82 Å². The number of hydrogen-bond acceptors (Lipinski definition) is 2. The molecule has 0 saturated heterocycles. The van der Waals surface area contributed by atoms with Crippen molar-refractivity contribution in [3.63, 3.8) is 0 Å². The number of nitrogens with one attached hydrogen (secondary N) is 1. The summed E-state index contributed by atoms with van der Waals surface area (Å²) in [5.74, 6) is -0.158. The fraction of sp³-hybridized carbons (Fsp3) is 0.314. The molecule has 0 aliphatic rings. The lowest BCUT2D eigenvalue weighted by atomic mass is 9.94. The summed E-state index contributed by atoms with van der Waals surface area (Å²) in [5, 5.41) is 3.56. The van der Waals surface area contributed by atoms with Crippen LogP contribution in [0.25, 0.3) is 11.1 Å². The standard InChI is InChI=1S/C35H42FNO/c1-6-8-9-11-27(4)35(38-5)19-17-30-20-31(25-37-24-29-14-12-26(3)13-15-29)22-32(21-30)33-18-16-28(10-7-2)23-34(33)36/h6,8-9,11-16,18,20-23,35,37H,1,7,10,17,19,24-25H2,2-5H3/b9-8-,27-11+. The highest BCUT2D eigenvalue weighted by Gasteiger charge is 2.13. The highest BCUT2D eigenvalue weighted by atomic mass is 19.1. The molecule has 1 unspecified atom stereocenters. The van der Waals surface area contributed by atoms with Gasteiger partial charge in [0.15, 0.2) is 0 Å². The molecule has 0 radical (unpaired) electrons. The van der Waals surface area contributed by atoms with Gasteiger partial charge in [-0.25, -0.2) is 4.39 Å². The van der Waals surface area contributed by atoms with Crippen LogP contribution >= 0.6 is 0 Å². The summed E-state index contributed by atoms with van der Waals surface area (Å²) in [7, 11) is 1.75. The van der Waals surface area contributed by atoms with Crippen LogP contribution in [0.3, 0.4) is 0 Å². The van der Waals surface area contributed by atoms with E-state index in [2.05, 4.69) is 87.3 Å². The van der Waals surface area contributed by atoms with E-state index in [-0.39, 0.29) is 11.9 Å². The molecule has 3 heteroatoms. The summed E-state index contributed by atoms with van der Waals surface area (Å²) < 4.78 is 21.0. The Morgan fingerprint density at radius 3 is 2.32 bits per heavy atom. The maximum absolute atomic E-state index is 15.2. The molecule has 0 spiro atoms. The second-order valence-electron chi connectivity index (χ2n) is 9.99. The molecular formula is C35H42FNO. The van der Waals surface area contributed by atoms with Crippen molar-refractivity contribution in [2.45, 2.75) is 65.6 Å². The van der Waals surface area contributed by atoms with Crippen molar-refractivity contribution in [1.82, 2.24) is 5.32 Å². The molecule has 3 rings (SSSR count). The van der Waals surface area contributed by atoms with Gasteiger partial charge in [0, 0.05) is 25.8 Å². The fourth-order valence-corrected chi connectivity index (χ4v) is 4.68. The molecule has 200 valence electrons. The van der Waals surface area contributed by atoms with Crippen LogP contribution in [0.15, 0.2) is 97.1 Å². The average molecular weight is 512 g/mol. The van der Waals surface area contributed by atoms with Crippen molar-refractivity contribution in [3.05, 3.63) is 131 Å². The third-order valence-corrected chi connectivity index (χ3v) is 6.81. The number of allylic oxidation sites excluding steroid dienone is 4. The average Bonchev–Trinajstić information content (AvgIpc) is 2.90. The number of rotatable bonds is 14. The predicted molar refractivity (Wildman–Crippen MR) is 160 cm³/mol. The lowest BCUT2D eigenvalue weighted by Crippen LogP contribution is -2.14. The Bertz CT molecular complexity index is 1240. The molecule has 1 atom stereocenters. The Morgan fingerprint density at radius 1 is 0.921 bits per heavy atom. The second kappa shape index (κ2) is 15.2. The Morgan fingerprint density at radius 2 is 1.63 bits per heavy atom.